The van der Waals surface area contributed by atoms with Crippen molar-refractivity contribution in [1.82, 2.24) is 9.80 Å². The van der Waals surface area contributed by atoms with Crippen LogP contribution in [0.3, 0.4) is 0 Å². The van der Waals surface area contributed by atoms with Gasteiger partial charge in [0.05, 0.1) is 26.2 Å². The van der Waals surface area contributed by atoms with Gasteiger partial charge >= 0.3 is 75.3 Å². The first-order chi connectivity index (χ1) is 9.20. The molecule has 0 saturated heterocycles. The number of carbonyl (C=O) groups is 4. The van der Waals surface area contributed by atoms with E-state index in [0.717, 1.165) is 9.80 Å². The minimum atomic E-state index is -1.23. The fraction of sp³-hybridized carbons (Fsp3) is 0.600. The Morgan fingerprint density at radius 3 is 0.909 bits per heavy atom. The number of rotatable bonds is 11. The molecule has 0 aliphatic carbocycles. The van der Waals surface area contributed by atoms with Crippen LogP contribution in [0.15, 0.2) is 0 Å². The third kappa shape index (κ3) is 16.3. The first-order valence-electron chi connectivity index (χ1n) is 5.52. The molecule has 124 valence electrons. The second-order valence-electron chi connectivity index (χ2n) is 4.00. The fourth-order valence-corrected chi connectivity index (χ4v) is 1.48. The van der Waals surface area contributed by atoms with E-state index in [2.05, 4.69) is 0 Å². The van der Waals surface area contributed by atoms with Crippen molar-refractivity contribution in [1.29, 1.82) is 0 Å². The summed E-state index contributed by atoms with van der Waals surface area (Å²) in [5.41, 5.74) is 0. The molecule has 12 heteroatoms. The first-order valence-corrected chi connectivity index (χ1v) is 5.52. The van der Waals surface area contributed by atoms with Crippen molar-refractivity contribution in [2.75, 3.05) is 39.3 Å². The van der Waals surface area contributed by atoms with Gasteiger partial charge in [0.2, 0.25) is 0 Å². The van der Waals surface area contributed by atoms with Crippen molar-refractivity contribution in [2.45, 2.75) is 0 Å². The Hall–Kier alpha value is -0.0442. The Kier molecular flexibility index (Phi) is 17.7. The van der Waals surface area contributed by atoms with E-state index in [-0.39, 0.29) is 81.5 Å². The van der Waals surface area contributed by atoms with Gasteiger partial charge in [-0.3, -0.25) is 29.0 Å². The molecular formula is C10H17FeKN2O8. The zero-order valence-corrected chi connectivity index (χ0v) is 12.0. The van der Waals surface area contributed by atoms with Crippen LogP contribution in [0.1, 0.15) is 0 Å². The standard InChI is InChI=1S/C10H16N2O8.Fe.K.H/c13-7(14)3-11(4-8(15)16)1-2-12(5-9(17)18)6-10(19)20;;;/h1-6H2,(H,13,14)(H,15,16)(H,17,18)(H,19,20);;;. The van der Waals surface area contributed by atoms with Crippen LogP contribution < -0.4 is 0 Å². The van der Waals surface area contributed by atoms with Gasteiger partial charge in [0, 0.05) is 30.2 Å². The predicted molar refractivity (Wildman–Crippen MR) is 70.6 cm³/mol. The van der Waals surface area contributed by atoms with Crippen LogP contribution >= 0.6 is 0 Å². The number of hydrogen-bond donors (Lipinski definition) is 4. The summed E-state index contributed by atoms with van der Waals surface area (Å²) < 4.78 is 0. The third-order valence-corrected chi connectivity index (χ3v) is 2.17. The summed E-state index contributed by atoms with van der Waals surface area (Å²) in [5.74, 6) is -4.91. The second-order valence-corrected chi connectivity index (χ2v) is 4.00. The van der Waals surface area contributed by atoms with Crippen molar-refractivity contribution < 1.29 is 56.7 Å². The average Bonchev–Trinajstić information content (AvgIpc) is 2.22. The van der Waals surface area contributed by atoms with Crippen LogP contribution in [0.5, 0.6) is 0 Å². The minimum absolute atomic E-state index is 0. The molecule has 0 aromatic carbocycles. The average molecular weight is 388 g/mol. The van der Waals surface area contributed by atoms with Crippen LogP contribution in [0.2, 0.25) is 0 Å². The van der Waals surface area contributed by atoms with E-state index in [1.54, 1.807) is 0 Å². The first kappa shape index (κ1) is 26.8. The molecule has 0 aliphatic rings. The molecule has 0 spiro atoms. The van der Waals surface area contributed by atoms with Crippen molar-refractivity contribution >= 4 is 75.3 Å². The molecule has 0 fully saturated rings. The summed E-state index contributed by atoms with van der Waals surface area (Å²) in [4.78, 5) is 44.4. The molecule has 0 atom stereocenters. The quantitative estimate of drug-likeness (QED) is 0.274. The molecule has 0 amide bonds. The topological polar surface area (TPSA) is 156 Å². The van der Waals surface area contributed by atoms with Crippen LogP contribution in [0.4, 0.5) is 0 Å². The summed E-state index contributed by atoms with van der Waals surface area (Å²) in [6, 6.07) is 0. The van der Waals surface area contributed by atoms with E-state index in [9.17, 15) is 19.2 Å². The van der Waals surface area contributed by atoms with Crippen molar-refractivity contribution in [3.05, 3.63) is 0 Å². The molecule has 0 bridgehead atoms. The number of carboxylic acid groups (broad SMARTS) is 4. The summed E-state index contributed by atoms with van der Waals surface area (Å²) in [6.07, 6.45) is 0. The summed E-state index contributed by atoms with van der Waals surface area (Å²) in [6.45, 7) is -2.25. The van der Waals surface area contributed by atoms with E-state index < -0.39 is 50.1 Å². The fourth-order valence-electron chi connectivity index (χ4n) is 1.48. The van der Waals surface area contributed by atoms with Gasteiger partial charge in [0.25, 0.3) is 0 Å². The van der Waals surface area contributed by atoms with E-state index >= 15 is 0 Å². The maximum absolute atomic E-state index is 10.6. The Balaban J connectivity index is -0.00000180. The van der Waals surface area contributed by atoms with Crippen molar-refractivity contribution in [2.24, 2.45) is 0 Å². The maximum atomic E-state index is 10.6. The van der Waals surface area contributed by atoms with E-state index in [0.29, 0.717) is 0 Å². The Labute approximate surface area is 179 Å². The Morgan fingerprint density at radius 2 is 0.773 bits per heavy atom. The Bertz CT molecular complexity index is 327. The number of nitrogens with zero attached hydrogens (tertiary/aromatic N) is 2. The van der Waals surface area contributed by atoms with Crippen LogP contribution in [-0.2, 0) is 36.2 Å². The third-order valence-electron chi connectivity index (χ3n) is 2.17. The molecule has 0 heterocycles. The SMILES string of the molecule is O=C(O)CN(CCN(CC(=O)O)CC(=O)O)CC(=O)O.[Fe].[KH]. The van der Waals surface area contributed by atoms with Gasteiger partial charge in [-0.1, -0.05) is 0 Å². The van der Waals surface area contributed by atoms with Crippen LogP contribution in [-0.4, -0.2) is 145 Å². The summed E-state index contributed by atoms with van der Waals surface area (Å²) in [7, 11) is 0. The molecule has 0 unspecified atom stereocenters. The van der Waals surface area contributed by atoms with Gasteiger partial charge in [-0.05, 0) is 0 Å². The molecule has 0 aromatic heterocycles. The molecule has 0 rings (SSSR count). The monoisotopic (exact) mass is 388 g/mol. The normalized spacial score (nSPS) is 9.73. The molecule has 0 saturated carbocycles. The van der Waals surface area contributed by atoms with Crippen molar-refractivity contribution in [3.63, 3.8) is 0 Å². The van der Waals surface area contributed by atoms with Crippen molar-refractivity contribution in [3.8, 4) is 0 Å². The number of aliphatic carboxylic acids is 4. The second kappa shape index (κ2) is 14.5. The summed E-state index contributed by atoms with van der Waals surface area (Å²) in [5, 5.41) is 34.5. The van der Waals surface area contributed by atoms with Gasteiger partial charge < -0.3 is 20.4 Å². The molecule has 22 heavy (non-hydrogen) atoms. The van der Waals surface area contributed by atoms with Gasteiger partial charge in [-0.25, -0.2) is 0 Å². The van der Waals surface area contributed by atoms with Crippen LogP contribution in [0.25, 0.3) is 0 Å². The van der Waals surface area contributed by atoms with Gasteiger partial charge in [-0.15, -0.1) is 0 Å². The van der Waals surface area contributed by atoms with Gasteiger partial charge in [0.15, 0.2) is 0 Å². The van der Waals surface area contributed by atoms with Gasteiger partial charge in [-0.2, -0.15) is 0 Å². The van der Waals surface area contributed by atoms with E-state index in [1.807, 2.05) is 0 Å². The van der Waals surface area contributed by atoms with Gasteiger partial charge in [0.1, 0.15) is 0 Å². The zero-order chi connectivity index (χ0) is 15.7. The molecule has 0 aliphatic heterocycles. The zero-order valence-electron chi connectivity index (χ0n) is 10.9. The molecule has 0 aromatic rings. The number of carboxylic acids is 4. The summed E-state index contributed by atoms with van der Waals surface area (Å²) >= 11 is 0. The van der Waals surface area contributed by atoms with E-state index in [1.165, 1.54) is 0 Å². The molecule has 0 radical (unpaired) electrons. The van der Waals surface area contributed by atoms with E-state index in [4.69, 9.17) is 20.4 Å². The molecular weight excluding hydrogens is 371 g/mol. The molecule has 10 nitrogen and oxygen atoms in total. The molecule has 4 N–H and O–H groups in total. The van der Waals surface area contributed by atoms with Crippen LogP contribution in [0, 0.1) is 0 Å². The number of hydrogen-bond acceptors (Lipinski definition) is 6. The Morgan fingerprint density at radius 1 is 0.591 bits per heavy atom. The predicted octanol–water partition coefficient (Wildman–Crippen LogP) is -2.72.